The van der Waals surface area contributed by atoms with Crippen molar-refractivity contribution in [3.05, 3.63) is 58.7 Å². The number of hydrogen-bond acceptors (Lipinski definition) is 4. The second-order valence-electron chi connectivity index (χ2n) is 6.49. The minimum atomic E-state index is -0.597. The van der Waals surface area contributed by atoms with Gasteiger partial charge >= 0.3 is 5.63 Å². The van der Waals surface area contributed by atoms with Crippen molar-refractivity contribution in [2.75, 3.05) is 0 Å². The zero-order chi connectivity index (χ0) is 16.5. The lowest BCUT2D eigenvalue weighted by Gasteiger charge is -2.33. The Bertz CT molecular complexity index is 1180. The number of ether oxygens (including phenoxy) is 1. The van der Waals surface area contributed by atoms with Crippen LogP contribution in [-0.4, -0.2) is 9.97 Å². The summed E-state index contributed by atoms with van der Waals surface area (Å²) in [5.74, 6) is 0.704. The molecule has 5 rings (SSSR count). The molecule has 0 spiro atoms. The highest BCUT2D eigenvalue weighted by Crippen LogP contribution is 2.48. The van der Waals surface area contributed by atoms with Gasteiger partial charge in [-0.3, -0.25) is 4.98 Å². The molecule has 5 heteroatoms. The molecule has 1 aliphatic rings. The van der Waals surface area contributed by atoms with Gasteiger partial charge in [-0.05, 0) is 26.0 Å². The van der Waals surface area contributed by atoms with E-state index in [1.165, 1.54) is 0 Å². The van der Waals surface area contributed by atoms with Crippen LogP contribution in [-0.2, 0) is 5.60 Å². The van der Waals surface area contributed by atoms with E-state index in [1.54, 1.807) is 12.4 Å². The number of benzene rings is 1. The SMILES string of the molecule is CC1(C)Oc2cnccc2-c2[nH]c3c(=O)oc4ccccc4c3c21. The van der Waals surface area contributed by atoms with Gasteiger partial charge in [0.2, 0.25) is 0 Å². The number of pyridine rings is 1. The molecule has 0 atom stereocenters. The lowest BCUT2D eigenvalue weighted by molar-refractivity contribution is 0.107. The Morgan fingerprint density at radius 3 is 2.88 bits per heavy atom. The number of rotatable bonds is 0. The summed E-state index contributed by atoms with van der Waals surface area (Å²) < 4.78 is 11.7. The smallest absolute Gasteiger partial charge is 0.360 e. The molecule has 0 saturated carbocycles. The minimum absolute atomic E-state index is 0.371. The number of aromatic amines is 1. The van der Waals surface area contributed by atoms with Crippen LogP contribution in [0.2, 0.25) is 0 Å². The molecule has 0 bridgehead atoms. The van der Waals surface area contributed by atoms with Crippen LogP contribution in [0.4, 0.5) is 0 Å². The molecular weight excluding hydrogens is 304 g/mol. The molecule has 5 nitrogen and oxygen atoms in total. The van der Waals surface area contributed by atoms with Gasteiger partial charge in [0.15, 0.2) is 0 Å². The standard InChI is InChI=1S/C19H14N2O3/c1-19(2)15-14-10-5-3-4-6-12(10)23-18(22)17(14)21-16(15)11-7-8-20-9-13(11)24-19/h3-9,21H,1-2H3. The molecule has 0 radical (unpaired) electrons. The van der Waals surface area contributed by atoms with E-state index in [0.717, 1.165) is 27.6 Å². The Morgan fingerprint density at radius 1 is 1.17 bits per heavy atom. The van der Waals surface area contributed by atoms with E-state index in [9.17, 15) is 4.79 Å². The van der Waals surface area contributed by atoms with Crippen LogP contribution in [0, 0.1) is 0 Å². The van der Waals surface area contributed by atoms with Gasteiger partial charge in [0.1, 0.15) is 22.5 Å². The Morgan fingerprint density at radius 2 is 2.00 bits per heavy atom. The van der Waals surface area contributed by atoms with E-state index < -0.39 is 5.60 Å². The first-order valence-corrected chi connectivity index (χ1v) is 7.78. The first kappa shape index (κ1) is 13.4. The number of fused-ring (bicyclic) bond motifs is 7. The van der Waals surface area contributed by atoms with E-state index in [1.807, 2.05) is 44.2 Å². The monoisotopic (exact) mass is 318 g/mol. The van der Waals surface area contributed by atoms with Crippen molar-refractivity contribution in [3.8, 4) is 17.0 Å². The summed E-state index contributed by atoms with van der Waals surface area (Å²) >= 11 is 0. The second kappa shape index (κ2) is 4.26. The van der Waals surface area contributed by atoms with Crippen molar-refractivity contribution in [1.29, 1.82) is 0 Å². The summed E-state index contributed by atoms with van der Waals surface area (Å²) in [5, 5.41) is 1.77. The molecule has 1 aromatic carbocycles. The molecule has 0 saturated heterocycles. The number of H-pyrrole nitrogens is 1. The minimum Gasteiger partial charge on any atom is -0.481 e. The largest absolute Gasteiger partial charge is 0.481 e. The van der Waals surface area contributed by atoms with Gasteiger partial charge in [-0.1, -0.05) is 18.2 Å². The Balaban J connectivity index is 2.06. The maximum atomic E-state index is 12.5. The predicted molar refractivity (Wildman–Crippen MR) is 91.2 cm³/mol. The highest BCUT2D eigenvalue weighted by Gasteiger charge is 2.37. The zero-order valence-corrected chi connectivity index (χ0v) is 13.2. The van der Waals surface area contributed by atoms with Crippen molar-refractivity contribution in [1.82, 2.24) is 9.97 Å². The van der Waals surface area contributed by atoms with E-state index >= 15 is 0 Å². The van der Waals surface area contributed by atoms with Crippen molar-refractivity contribution >= 4 is 21.9 Å². The Labute approximate surface area is 136 Å². The highest BCUT2D eigenvalue weighted by molar-refractivity contribution is 6.09. The molecule has 1 N–H and O–H groups in total. The number of nitrogens with one attached hydrogen (secondary N) is 1. The maximum Gasteiger partial charge on any atom is 0.360 e. The summed E-state index contributed by atoms with van der Waals surface area (Å²) in [6.07, 6.45) is 3.42. The summed E-state index contributed by atoms with van der Waals surface area (Å²) in [6.45, 7) is 4.00. The summed E-state index contributed by atoms with van der Waals surface area (Å²) in [6, 6.07) is 9.47. The van der Waals surface area contributed by atoms with Crippen LogP contribution in [0.5, 0.6) is 5.75 Å². The molecule has 0 fully saturated rings. The number of aromatic nitrogens is 2. The summed E-state index contributed by atoms with van der Waals surface area (Å²) in [7, 11) is 0. The molecule has 118 valence electrons. The molecule has 0 amide bonds. The lowest BCUT2D eigenvalue weighted by Crippen LogP contribution is -2.29. The highest BCUT2D eigenvalue weighted by atomic mass is 16.5. The van der Waals surface area contributed by atoms with E-state index in [2.05, 4.69) is 9.97 Å². The first-order chi connectivity index (χ1) is 11.6. The molecule has 3 aromatic heterocycles. The Hall–Kier alpha value is -3.08. The normalized spacial score (nSPS) is 15.1. The van der Waals surface area contributed by atoms with Crippen molar-refractivity contribution in [3.63, 3.8) is 0 Å². The molecule has 0 aliphatic carbocycles. The number of para-hydroxylation sites is 1. The van der Waals surface area contributed by atoms with E-state index in [-0.39, 0.29) is 5.63 Å². The van der Waals surface area contributed by atoms with Gasteiger partial charge in [-0.25, -0.2) is 4.79 Å². The molecule has 24 heavy (non-hydrogen) atoms. The number of nitrogens with zero attached hydrogens (tertiary/aromatic N) is 1. The topological polar surface area (TPSA) is 68.1 Å². The number of hydrogen-bond donors (Lipinski definition) is 1. The third-order valence-electron chi connectivity index (χ3n) is 4.58. The van der Waals surface area contributed by atoms with Crippen LogP contribution in [0.3, 0.4) is 0 Å². The third kappa shape index (κ3) is 1.58. The maximum absolute atomic E-state index is 12.5. The molecule has 1 aliphatic heterocycles. The third-order valence-corrected chi connectivity index (χ3v) is 4.58. The van der Waals surface area contributed by atoms with Crippen LogP contribution >= 0.6 is 0 Å². The van der Waals surface area contributed by atoms with Crippen molar-refractivity contribution in [2.24, 2.45) is 0 Å². The van der Waals surface area contributed by atoms with Gasteiger partial charge in [0.05, 0.1) is 11.9 Å². The fraction of sp³-hybridized carbons (Fsp3) is 0.158. The predicted octanol–water partition coefficient (Wildman–Crippen LogP) is 3.96. The summed E-state index contributed by atoms with van der Waals surface area (Å²) in [5.41, 5.74) is 2.85. The average Bonchev–Trinajstić information content (AvgIpc) is 2.97. The quantitative estimate of drug-likeness (QED) is 0.498. The Kier molecular flexibility index (Phi) is 2.37. The van der Waals surface area contributed by atoms with Crippen LogP contribution in [0.25, 0.3) is 33.1 Å². The zero-order valence-electron chi connectivity index (χ0n) is 13.2. The van der Waals surface area contributed by atoms with Gasteiger partial charge < -0.3 is 14.1 Å². The van der Waals surface area contributed by atoms with Crippen LogP contribution in [0.1, 0.15) is 19.4 Å². The van der Waals surface area contributed by atoms with Gasteiger partial charge in [-0.2, -0.15) is 0 Å². The molecular formula is C19H14N2O3. The van der Waals surface area contributed by atoms with Gasteiger partial charge in [0, 0.05) is 28.1 Å². The van der Waals surface area contributed by atoms with Crippen molar-refractivity contribution < 1.29 is 9.15 Å². The second-order valence-corrected chi connectivity index (χ2v) is 6.49. The molecule has 4 aromatic rings. The van der Waals surface area contributed by atoms with E-state index in [4.69, 9.17) is 9.15 Å². The molecule has 4 heterocycles. The van der Waals surface area contributed by atoms with Crippen molar-refractivity contribution in [2.45, 2.75) is 19.4 Å². The van der Waals surface area contributed by atoms with Gasteiger partial charge in [0.25, 0.3) is 0 Å². The van der Waals surface area contributed by atoms with Gasteiger partial charge in [-0.15, -0.1) is 0 Å². The fourth-order valence-corrected chi connectivity index (χ4v) is 3.63. The fourth-order valence-electron chi connectivity index (χ4n) is 3.63. The average molecular weight is 318 g/mol. The van der Waals surface area contributed by atoms with Crippen LogP contribution < -0.4 is 10.4 Å². The lowest BCUT2D eigenvalue weighted by atomic mass is 9.89. The van der Waals surface area contributed by atoms with E-state index in [0.29, 0.717) is 16.8 Å². The van der Waals surface area contributed by atoms with Crippen LogP contribution in [0.15, 0.2) is 51.9 Å². The molecule has 0 unspecified atom stereocenters. The first-order valence-electron chi connectivity index (χ1n) is 7.78. The summed E-state index contributed by atoms with van der Waals surface area (Å²) in [4.78, 5) is 19.9.